The molecule has 2 aromatic carbocycles. The number of nitrogens with one attached hydrogen (secondary N) is 2. The first-order valence-corrected chi connectivity index (χ1v) is 10.1. The number of benzene rings is 2. The molecule has 3 aromatic rings. The number of carbonyl (C=O) groups is 1. The van der Waals surface area contributed by atoms with Crippen molar-refractivity contribution in [2.75, 3.05) is 11.9 Å². The molecule has 1 aromatic heterocycles. The molecular formula is C22H24N4OS. The first-order chi connectivity index (χ1) is 13.7. The Bertz CT molecular complexity index is 903. The molecule has 0 aliphatic rings. The van der Waals surface area contributed by atoms with Crippen molar-refractivity contribution in [3.05, 3.63) is 78.1 Å². The summed E-state index contributed by atoms with van der Waals surface area (Å²) in [4.78, 5) is 21.8. The molecular weight excluding hydrogens is 368 g/mol. The van der Waals surface area contributed by atoms with Crippen molar-refractivity contribution >= 4 is 23.5 Å². The maximum Gasteiger partial charge on any atom is 0.319 e. The van der Waals surface area contributed by atoms with Crippen molar-refractivity contribution in [3.63, 3.8) is 0 Å². The van der Waals surface area contributed by atoms with E-state index in [1.165, 1.54) is 17.3 Å². The molecule has 5 nitrogen and oxygen atoms in total. The SMILES string of the molecule is CCC(CNC(=O)Nc1ccc(Sc2ncccn2)cc1C)c1ccccc1. The van der Waals surface area contributed by atoms with Crippen LogP contribution in [0.2, 0.25) is 0 Å². The average Bonchev–Trinajstić information content (AvgIpc) is 2.72. The van der Waals surface area contributed by atoms with Gasteiger partial charge in [-0.25, -0.2) is 14.8 Å². The molecule has 2 amide bonds. The fourth-order valence-electron chi connectivity index (χ4n) is 2.89. The van der Waals surface area contributed by atoms with Crippen LogP contribution in [0.1, 0.15) is 30.4 Å². The summed E-state index contributed by atoms with van der Waals surface area (Å²) in [7, 11) is 0. The third kappa shape index (κ3) is 5.57. The van der Waals surface area contributed by atoms with Crippen LogP contribution in [0.15, 0.2) is 77.0 Å². The molecule has 1 unspecified atom stereocenters. The zero-order chi connectivity index (χ0) is 19.8. The summed E-state index contributed by atoms with van der Waals surface area (Å²) in [5.41, 5.74) is 3.03. The van der Waals surface area contributed by atoms with Crippen molar-refractivity contribution in [2.24, 2.45) is 0 Å². The topological polar surface area (TPSA) is 66.9 Å². The van der Waals surface area contributed by atoms with E-state index in [0.717, 1.165) is 22.6 Å². The van der Waals surface area contributed by atoms with Gasteiger partial charge < -0.3 is 10.6 Å². The smallest absolute Gasteiger partial charge is 0.319 e. The van der Waals surface area contributed by atoms with Gasteiger partial charge in [0.1, 0.15) is 0 Å². The Morgan fingerprint density at radius 2 is 1.82 bits per heavy atom. The molecule has 1 atom stereocenters. The monoisotopic (exact) mass is 392 g/mol. The van der Waals surface area contributed by atoms with Gasteiger partial charge in [0.2, 0.25) is 0 Å². The highest BCUT2D eigenvalue weighted by Gasteiger charge is 2.12. The summed E-state index contributed by atoms with van der Waals surface area (Å²) in [5.74, 6) is 0.303. The molecule has 0 spiro atoms. The van der Waals surface area contributed by atoms with E-state index < -0.39 is 0 Å². The summed E-state index contributed by atoms with van der Waals surface area (Å²) in [6.07, 6.45) is 4.42. The second kappa shape index (κ2) is 9.90. The molecule has 28 heavy (non-hydrogen) atoms. The number of aromatic nitrogens is 2. The van der Waals surface area contributed by atoms with E-state index in [1.54, 1.807) is 18.5 Å². The van der Waals surface area contributed by atoms with Crippen molar-refractivity contribution in [1.82, 2.24) is 15.3 Å². The lowest BCUT2D eigenvalue weighted by atomic mass is 9.97. The van der Waals surface area contributed by atoms with Gasteiger partial charge in [-0.2, -0.15) is 0 Å². The zero-order valence-corrected chi connectivity index (χ0v) is 16.9. The van der Waals surface area contributed by atoms with Crippen LogP contribution in [0.3, 0.4) is 0 Å². The summed E-state index contributed by atoms with van der Waals surface area (Å²) in [6.45, 7) is 4.71. The van der Waals surface area contributed by atoms with Gasteiger partial charge in [-0.05, 0) is 60.5 Å². The second-order valence-electron chi connectivity index (χ2n) is 6.46. The normalized spacial score (nSPS) is 11.6. The number of amides is 2. The first kappa shape index (κ1) is 19.9. The van der Waals surface area contributed by atoms with Gasteiger partial charge in [-0.3, -0.25) is 0 Å². The van der Waals surface area contributed by atoms with Gasteiger partial charge in [0, 0.05) is 35.4 Å². The van der Waals surface area contributed by atoms with Gasteiger partial charge >= 0.3 is 6.03 Å². The Labute approximate surface area is 170 Å². The number of carbonyl (C=O) groups excluding carboxylic acids is 1. The van der Waals surface area contributed by atoms with E-state index in [2.05, 4.69) is 39.7 Å². The lowest BCUT2D eigenvalue weighted by Gasteiger charge is -2.17. The van der Waals surface area contributed by atoms with E-state index in [9.17, 15) is 4.79 Å². The number of hydrogen-bond acceptors (Lipinski definition) is 4. The van der Waals surface area contributed by atoms with Gasteiger partial charge in [0.05, 0.1) is 0 Å². The standard InChI is InChI=1S/C22H24N4OS/c1-3-17(18-8-5-4-6-9-18)15-25-21(27)26-20-11-10-19(14-16(20)2)28-22-23-12-7-13-24-22/h4-14,17H,3,15H2,1-2H3,(H2,25,26,27). The predicted octanol–water partition coefficient (Wildman–Crippen LogP) is 5.25. The van der Waals surface area contributed by atoms with E-state index >= 15 is 0 Å². The summed E-state index contributed by atoms with van der Waals surface area (Å²) < 4.78 is 0. The molecule has 6 heteroatoms. The van der Waals surface area contributed by atoms with Crippen LogP contribution >= 0.6 is 11.8 Å². The van der Waals surface area contributed by atoms with Crippen LogP contribution in [0.5, 0.6) is 0 Å². The lowest BCUT2D eigenvalue weighted by Crippen LogP contribution is -2.32. The molecule has 0 saturated carbocycles. The Morgan fingerprint density at radius 1 is 1.07 bits per heavy atom. The number of rotatable bonds is 7. The highest BCUT2D eigenvalue weighted by molar-refractivity contribution is 7.99. The Morgan fingerprint density at radius 3 is 2.50 bits per heavy atom. The number of nitrogens with zero attached hydrogens (tertiary/aromatic N) is 2. The minimum absolute atomic E-state index is 0.190. The van der Waals surface area contributed by atoms with Crippen LogP contribution in [0.25, 0.3) is 0 Å². The molecule has 0 bridgehead atoms. The molecule has 0 fully saturated rings. The molecule has 3 rings (SSSR count). The highest BCUT2D eigenvalue weighted by Crippen LogP contribution is 2.28. The Hall–Kier alpha value is -2.86. The molecule has 2 N–H and O–H groups in total. The molecule has 1 heterocycles. The molecule has 0 radical (unpaired) electrons. The quantitative estimate of drug-likeness (QED) is 0.539. The van der Waals surface area contributed by atoms with Gasteiger partial charge in [0.15, 0.2) is 5.16 Å². The maximum absolute atomic E-state index is 12.3. The van der Waals surface area contributed by atoms with Crippen LogP contribution in [-0.4, -0.2) is 22.5 Å². The average molecular weight is 393 g/mol. The number of hydrogen-bond donors (Lipinski definition) is 2. The Balaban J connectivity index is 1.56. The fourth-order valence-corrected chi connectivity index (χ4v) is 3.70. The molecule has 144 valence electrons. The highest BCUT2D eigenvalue weighted by atomic mass is 32.2. The van der Waals surface area contributed by atoms with Crippen LogP contribution < -0.4 is 10.6 Å². The maximum atomic E-state index is 12.3. The summed E-state index contributed by atoms with van der Waals surface area (Å²) in [6, 6.07) is 17.8. The van der Waals surface area contributed by atoms with E-state index in [1.807, 2.05) is 43.3 Å². The zero-order valence-electron chi connectivity index (χ0n) is 16.1. The molecule has 0 saturated heterocycles. The predicted molar refractivity (Wildman–Crippen MR) is 114 cm³/mol. The van der Waals surface area contributed by atoms with Crippen molar-refractivity contribution in [3.8, 4) is 0 Å². The number of urea groups is 1. The minimum Gasteiger partial charge on any atom is -0.337 e. The van der Waals surface area contributed by atoms with Crippen molar-refractivity contribution in [1.29, 1.82) is 0 Å². The molecule has 0 aliphatic carbocycles. The minimum atomic E-state index is -0.190. The van der Waals surface area contributed by atoms with Crippen LogP contribution in [0, 0.1) is 6.92 Å². The lowest BCUT2D eigenvalue weighted by molar-refractivity contribution is 0.251. The summed E-state index contributed by atoms with van der Waals surface area (Å²) in [5, 5.41) is 6.63. The number of aryl methyl sites for hydroxylation is 1. The first-order valence-electron chi connectivity index (χ1n) is 9.31. The van der Waals surface area contributed by atoms with E-state index in [4.69, 9.17) is 0 Å². The fraction of sp³-hybridized carbons (Fsp3) is 0.227. The largest absolute Gasteiger partial charge is 0.337 e. The number of anilines is 1. The van der Waals surface area contributed by atoms with Crippen LogP contribution in [0.4, 0.5) is 10.5 Å². The third-order valence-electron chi connectivity index (χ3n) is 4.47. The van der Waals surface area contributed by atoms with Gasteiger partial charge in [-0.15, -0.1) is 0 Å². The summed E-state index contributed by atoms with van der Waals surface area (Å²) >= 11 is 1.49. The van der Waals surface area contributed by atoms with Crippen molar-refractivity contribution < 1.29 is 4.79 Å². The third-order valence-corrected chi connectivity index (χ3v) is 5.35. The van der Waals surface area contributed by atoms with E-state index in [0.29, 0.717) is 17.6 Å². The molecule has 0 aliphatic heterocycles. The van der Waals surface area contributed by atoms with Crippen LogP contribution in [-0.2, 0) is 0 Å². The van der Waals surface area contributed by atoms with Crippen molar-refractivity contribution in [2.45, 2.75) is 36.2 Å². The van der Waals surface area contributed by atoms with Gasteiger partial charge in [-0.1, -0.05) is 37.3 Å². The van der Waals surface area contributed by atoms with Gasteiger partial charge in [0.25, 0.3) is 0 Å². The van der Waals surface area contributed by atoms with E-state index in [-0.39, 0.29) is 6.03 Å². The Kier molecular flexibility index (Phi) is 7.03. The second-order valence-corrected chi connectivity index (χ2v) is 7.50.